The molecule has 0 amide bonds. The molecule has 0 saturated heterocycles. The maximum Gasteiger partial charge on any atom is 0.139 e. The van der Waals surface area contributed by atoms with Crippen LogP contribution in [0.5, 0.6) is 0 Å². The maximum atomic E-state index is 4.50. The van der Waals surface area contributed by atoms with Crippen molar-refractivity contribution >= 4 is 23.1 Å². The van der Waals surface area contributed by atoms with Gasteiger partial charge in [-0.1, -0.05) is 12.2 Å². The van der Waals surface area contributed by atoms with Crippen LogP contribution in [0.4, 0.5) is 5.82 Å². The minimum atomic E-state index is 0.836. The van der Waals surface area contributed by atoms with Crippen molar-refractivity contribution in [3.05, 3.63) is 48.3 Å². The number of nitrogens with zero attached hydrogens (tertiary/aromatic N) is 2. The molecule has 3 heterocycles. The van der Waals surface area contributed by atoms with Crippen molar-refractivity contribution in [2.45, 2.75) is 12.8 Å². The van der Waals surface area contributed by atoms with Gasteiger partial charge in [-0.05, 0) is 30.7 Å². The van der Waals surface area contributed by atoms with Crippen molar-refractivity contribution in [1.82, 2.24) is 9.97 Å². The normalized spacial score (nSPS) is 14.4. The van der Waals surface area contributed by atoms with Gasteiger partial charge in [0.2, 0.25) is 0 Å². The van der Waals surface area contributed by atoms with E-state index in [1.165, 1.54) is 0 Å². The van der Waals surface area contributed by atoms with Gasteiger partial charge in [0.15, 0.2) is 0 Å². The highest BCUT2D eigenvalue weighted by atomic mass is 15.0. The second kappa shape index (κ2) is 5.52. The SMILES string of the molecule is C1=CCC=C(CCNc2ccc3cc[nH]c3n2)N=C1. The third-order valence-electron chi connectivity index (χ3n) is 3.05. The Hall–Kier alpha value is -2.36. The molecule has 19 heavy (non-hydrogen) atoms. The third kappa shape index (κ3) is 2.91. The Balaban J connectivity index is 1.58. The van der Waals surface area contributed by atoms with Crippen LogP contribution in [0.1, 0.15) is 12.8 Å². The second-order valence-electron chi connectivity index (χ2n) is 4.43. The summed E-state index contributed by atoms with van der Waals surface area (Å²) < 4.78 is 0. The maximum absolute atomic E-state index is 4.50. The average molecular weight is 252 g/mol. The highest BCUT2D eigenvalue weighted by Gasteiger charge is 2.00. The van der Waals surface area contributed by atoms with Crippen LogP contribution in [-0.2, 0) is 0 Å². The molecule has 0 radical (unpaired) electrons. The molecule has 0 unspecified atom stereocenters. The molecule has 2 N–H and O–H groups in total. The fourth-order valence-corrected chi connectivity index (χ4v) is 2.05. The quantitative estimate of drug-likeness (QED) is 0.877. The lowest BCUT2D eigenvalue weighted by molar-refractivity contribution is 0.966. The van der Waals surface area contributed by atoms with E-state index in [1.807, 2.05) is 30.6 Å². The van der Waals surface area contributed by atoms with Crippen molar-refractivity contribution in [3.8, 4) is 0 Å². The van der Waals surface area contributed by atoms with Gasteiger partial charge in [0, 0.05) is 36.5 Å². The van der Waals surface area contributed by atoms with Crippen LogP contribution in [0.25, 0.3) is 11.0 Å². The van der Waals surface area contributed by atoms with E-state index in [0.29, 0.717) is 0 Å². The van der Waals surface area contributed by atoms with Gasteiger partial charge in [0.05, 0.1) is 0 Å². The lowest BCUT2D eigenvalue weighted by atomic mass is 10.2. The topological polar surface area (TPSA) is 53.1 Å². The van der Waals surface area contributed by atoms with Gasteiger partial charge in [-0.2, -0.15) is 0 Å². The van der Waals surface area contributed by atoms with Crippen LogP contribution >= 0.6 is 0 Å². The van der Waals surface area contributed by atoms with Gasteiger partial charge in [-0.25, -0.2) is 4.98 Å². The average Bonchev–Trinajstić information content (AvgIpc) is 2.74. The zero-order valence-corrected chi connectivity index (χ0v) is 10.6. The molecular formula is C15H16N4. The second-order valence-corrected chi connectivity index (χ2v) is 4.43. The Kier molecular flexibility index (Phi) is 3.40. The van der Waals surface area contributed by atoms with Gasteiger partial charge < -0.3 is 10.3 Å². The Morgan fingerprint density at radius 3 is 3.26 bits per heavy atom. The summed E-state index contributed by atoms with van der Waals surface area (Å²) >= 11 is 0. The number of anilines is 1. The fraction of sp³-hybridized carbons (Fsp3) is 0.200. The summed E-state index contributed by atoms with van der Waals surface area (Å²) in [5, 5.41) is 4.46. The Labute approximate surface area is 112 Å². The number of aromatic nitrogens is 2. The van der Waals surface area contributed by atoms with Gasteiger partial charge >= 0.3 is 0 Å². The van der Waals surface area contributed by atoms with Gasteiger partial charge in [-0.3, -0.25) is 4.99 Å². The van der Waals surface area contributed by atoms with Crippen molar-refractivity contribution in [2.75, 3.05) is 11.9 Å². The first-order valence-electron chi connectivity index (χ1n) is 6.48. The van der Waals surface area contributed by atoms with E-state index in [2.05, 4.69) is 38.5 Å². The standard InChI is InChI=1S/C15H16N4/c1-2-4-13(16-9-3-1)8-11-17-14-6-5-12-7-10-18-15(12)19-14/h1,3-7,9-10H,2,8,11H2,(H2,17,18,19). The molecule has 1 aliphatic heterocycles. The summed E-state index contributed by atoms with van der Waals surface area (Å²) in [6.07, 6.45) is 11.9. The number of hydrogen-bond donors (Lipinski definition) is 2. The minimum Gasteiger partial charge on any atom is -0.370 e. The first kappa shape index (κ1) is 11.7. The number of pyridine rings is 1. The van der Waals surface area contributed by atoms with Crippen molar-refractivity contribution in [1.29, 1.82) is 0 Å². The molecule has 2 aromatic heterocycles. The van der Waals surface area contributed by atoms with Crippen LogP contribution < -0.4 is 5.32 Å². The molecule has 4 nitrogen and oxygen atoms in total. The third-order valence-corrected chi connectivity index (χ3v) is 3.05. The molecule has 0 bridgehead atoms. The van der Waals surface area contributed by atoms with E-state index < -0.39 is 0 Å². The molecule has 2 aromatic rings. The number of aliphatic imine (C=N–C) groups is 1. The summed E-state index contributed by atoms with van der Waals surface area (Å²) in [6.45, 7) is 0.836. The Morgan fingerprint density at radius 1 is 1.26 bits per heavy atom. The number of H-pyrrole nitrogens is 1. The summed E-state index contributed by atoms with van der Waals surface area (Å²) in [7, 11) is 0. The molecule has 0 spiro atoms. The van der Waals surface area contributed by atoms with Gasteiger partial charge in [0.1, 0.15) is 11.5 Å². The number of fused-ring (bicyclic) bond motifs is 1. The molecule has 4 heteroatoms. The van der Waals surface area contributed by atoms with E-state index in [4.69, 9.17) is 0 Å². The predicted molar refractivity (Wildman–Crippen MR) is 79.5 cm³/mol. The zero-order valence-electron chi connectivity index (χ0n) is 10.6. The van der Waals surface area contributed by atoms with E-state index in [0.717, 1.165) is 41.9 Å². The predicted octanol–water partition coefficient (Wildman–Crippen LogP) is 3.28. The summed E-state index contributed by atoms with van der Waals surface area (Å²) in [5.74, 6) is 0.895. The van der Waals surface area contributed by atoms with Crippen LogP contribution in [0.15, 0.2) is 53.3 Å². The van der Waals surface area contributed by atoms with Gasteiger partial charge in [-0.15, -0.1) is 0 Å². The van der Waals surface area contributed by atoms with Crippen molar-refractivity contribution in [2.24, 2.45) is 4.99 Å². The summed E-state index contributed by atoms with van der Waals surface area (Å²) in [4.78, 5) is 12.0. The van der Waals surface area contributed by atoms with Crippen LogP contribution in [0, 0.1) is 0 Å². The minimum absolute atomic E-state index is 0.836. The van der Waals surface area contributed by atoms with Crippen LogP contribution in [0.2, 0.25) is 0 Å². The number of nitrogens with one attached hydrogen (secondary N) is 2. The van der Waals surface area contributed by atoms with Crippen LogP contribution in [-0.4, -0.2) is 22.7 Å². The number of aromatic amines is 1. The van der Waals surface area contributed by atoms with Crippen LogP contribution in [0.3, 0.4) is 0 Å². The number of rotatable bonds is 4. The Bertz CT molecular complexity index is 649. The first-order chi connectivity index (χ1) is 9.42. The first-order valence-corrected chi connectivity index (χ1v) is 6.48. The monoisotopic (exact) mass is 252 g/mol. The van der Waals surface area contributed by atoms with Crippen molar-refractivity contribution in [3.63, 3.8) is 0 Å². The molecule has 3 rings (SSSR count). The van der Waals surface area contributed by atoms with Crippen molar-refractivity contribution < 1.29 is 0 Å². The molecule has 0 aliphatic carbocycles. The highest BCUT2D eigenvalue weighted by molar-refractivity contribution is 5.77. The lowest BCUT2D eigenvalue weighted by Gasteiger charge is -2.05. The fourth-order valence-electron chi connectivity index (χ4n) is 2.05. The molecule has 0 saturated carbocycles. The highest BCUT2D eigenvalue weighted by Crippen LogP contribution is 2.14. The molecule has 0 aromatic carbocycles. The molecule has 1 aliphatic rings. The van der Waals surface area contributed by atoms with Gasteiger partial charge in [0.25, 0.3) is 0 Å². The van der Waals surface area contributed by atoms with E-state index in [-0.39, 0.29) is 0 Å². The zero-order chi connectivity index (χ0) is 12.9. The summed E-state index contributed by atoms with van der Waals surface area (Å²) in [5.41, 5.74) is 2.04. The largest absolute Gasteiger partial charge is 0.370 e. The Morgan fingerprint density at radius 2 is 2.26 bits per heavy atom. The smallest absolute Gasteiger partial charge is 0.139 e. The molecule has 96 valence electrons. The number of hydrogen-bond acceptors (Lipinski definition) is 3. The summed E-state index contributed by atoms with van der Waals surface area (Å²) in [6, 6.07) is 6.08. The molecule has 0 fully saturated rings. The van der Waals surface area contributed by atoms with E-state index in [1.54, 1.807) is 0 Å². The molecular weight excluding hydrogens is 236 g/mol. The van der Waals surface area contributed by atoms with E-state index >= 15 is 0 Å². The molecule has 0 atom stereocenters. The van der Waals surface area contributed by atoms with E-state index in [9.17, 15) is 0 Å². The lowest BCUT2D eigenvalue weighted by Crippen LogP contribution is -2.04. The number of allylic oxidation sites excluding steroid dienone is 3.